The summed E-state index contributed by atoms with van der Waals surface area (Å²) in [6.45, 7) is 5.03. The van der Waals surface area contributed by atoms with Crippen LogP contribution < -0.4 is 5.32 Å². The summed E-state index contributed by atoms with van der Waals surface area (Å²) >= 11 is 6.09. The summed E-state index contributed by atoms with van der Waals surface area (Å²) in [6, 6.07) is 7.51. The van der Waals surface area contributed by atoms with Gasteiger partial charge in [0, 0.05) is 5.56 Å². The Morgan fingerprint density at radius 2 is 2.17 bits per heavy atom. The zero-order chi connectivity index (χ0) is 13.0. The Labute approximate surface area is 111 Å². The van der Waals surface area contributed by atoms with Gasteiger partial charge in [0.05, 0.1) is 11.1 Å². The van der Waals surface area contributed by atoms with Gasteiger partial charge in [0.15, 0.2) is 0 Å². The molecule has 0 saturated heterocycles. The van der Waals surface area contributed by atoms with Crippen molar-refractivity contribution in [3.05, 3.63) is 35.2 Å². The van der Waals surface area contributed by atoms with Crippen molar-refractivity contribution < 1.29 is 4.52 Å². The molecule has 0 fully saturated rings. The molecule has 1 unspecified atom stereocenters. The molecule has 4 nitrogen and oxygen atoms in total. The Hall–Kier alpha value is -1.39. The molecule has 1 N–H and O–H groups in total. The number of halogens is 1. The number of benzene rings is 1. The van der Waals surface area contributed by atoms with E-state index in [4.69, 9.17) is 16.1 Å². The quantitative estimate of drug-likeness (QED) is 0.900. The number of rotatable bonds is 5. The lowest BCUT2D eigenvalue weighted by atomic mass is 10.2. The highest BCUT2D eigenvalue weighted by atomic mass is 35.5. The second-order valence-electron chi connectivity index (χ2n) is 4.11. The molecule has 18 heavy (non-hydrogen) atoms. The van der Waals surface area contributed by atoms with Crippen molar-refractivity contribution in [2.75, 3.05) is 6.54 Å². The van der Waals surface area contributed by atoms with E-state index in [1.807, 2.05) is 31.2 Å². The number of nitrogens with zero attached hydrogens (tertiary/aromatic N) is 2. The summed E-state index contributed by atoms with van der Waals surface area (Å²) in [5.41, 5.74) is 0.789. The summed E-state index contributed by atoms with van der Waals surface area (Å²) in [7, 11) is 0. The first-order valence-corrected chi connectivity index (χ1v) is 6.42. The van der Waals surface area contributed by atoms with Crippen molar-refractivity contribution in [1.82, 2.24) is 15.5 Å². The van der Waals surface area contributed by atoms with Crippen LogP contribution in [0, 0.1) is 0 Å². The lowest BCUT2D eigenvalue weighted by Crippen LogP contribution is -2.19. The third kappa shape index (κ3) is 2.89. The molecule has 0 saturated carbocycles. The second-order valence-corrected chi connectivity index (χ2v) is 4.52. The smallest absolute Gasteiger partial charge is 0.243 e. The van der Waals surface area contributed by atoms with Crippen LogP contribution >= 0.6 is 11.6 Å². The molecule has 0 aliphatic rings. The highest BCUT2D eigenvalue weighted by Gasteiger charge is 2.15. The molecule has 1 atom stereocenters. The van der Waals surface area contributed by atoms with Gasteiger partial charge >= 0.3 is 0 Å². The van der Waals surface area contributed by atoms with Gasteiger partial charge in [0.1, 0.15) is 0 Å². The largest absolute Gasteiger partial charge is 0.337 e. The van der Waals surface area contributed by atoms with Gasteiger partial charge < -0.3 is 9.84 Å². The molecule has 2 rings (SSSR count). The molecular weight excluding hydrogens is 250 g/mol. The van der Waals surface area contributed by atoms with E-state index in [1.54, 1.807) is 0 Å². The van der Waals surface area contributed by atoms with E-state index in [9.17, 15) is 0 Å². The van der Waals surface area contributed by atoms with Crippen LogP contribution in [0.5, 0.6) is 0 Å². The molecule has 0 aliphatic heterocycles. The molecule has 0 radical (unpaired) electrons. The zero-order valence-electron chi connectivity index (χ0n) is 10.5. The Balaban J connectivity index is 2.18. The van der Waals surface area contributed by atoms with Gasteiger partial charge in [0.2, 0.25) is 11.7 Å². The van der Waals surface area contributed by atoms with Crippen molar-refractivity contribution in [2.24, 2.45) is 0 Å². The standard InChI is InChI=1S/C13H16ClN3O/c1-3-8-15-9(2)13-16-12(17-18-13)10-6-4-5-7-11(10)14/h4-7,9,15H,3,8H2,1-2H3. The van der Waals surface area contributed by atoms with E-state index < -0.39 is 0 Å². The predicted octanol–water partition coefficient (Wildman–Crippen LogP) is 3.45. The van der Waals surface area contributed by atoms with Gasteiger partial charge in [0.25, 0.3) is 0 Å². The lowest BCUT2D eigenvalue weighted by molar-refractivity contribution is 0.340. The highest BCUT2D eigenvalue weighted by Crippen LogP contribution is 2.25. The molecular formula is C13H16ClN3O. The third-order valence-electron chi connectivity index (χ3n) is 2.63. The first kappa shape index (κ1) is 13.1. The van der Waals surface area contributed by atoms with Gasteiger partial charge in [-0.25, -0.2) is 0 Å². The molecule has 0 amide bonds. The van der Waals surface area contributed by atoms with Crippen molar-refractivity contribution in [2.45, 2.75) is 26.3 Å². The van der Waals surface area contributed by atoms with Crippen LogP contribution in [0.3, 0.4) is 0 Å². The molecule has 96 valence electrons. The van der Waals surface area contributed by atoms with Crippen LogP contribution in [0.25, 0.3) is 11.4 Å². The van der Waals surface area contributed by atoms with Crippen LogP contribution in [0.2, 0.25) is 5.02 Å². The van der Waals surface area contributed by atoms with Gasteiger partial charge in [-0.15, -0.1) is 0 Å². The average Bonchev–Trinajstić information content (AvgIpc) is 2.86. The fourth-order valence-corrected chi connectivity index (χ4v) is 1.83. The third-order valence-corrected chi connectivity index (χ3v) is 2.96. The minimum absolute atomic E-state index is 0.0497. The molecule has 2 aromatic rings. The van der Waals surface area contributed by atoms with Crippen molar-refractivity contribution in [3.8, 4) is 11.4 Å². The normalized spacial score (nSPS) is 12.6. The maximum Gasteiger partial charge on any atom is 0.243 e. The second kappa shape index (κ2) is 5.98. The predicted molar refractivity (Wildman–Crippen MR) is 71.5 cm³/mol. The number of hydrogen-bond donors (Lipinski definition) is 1. The fraction of sp³-hybridized carbons (Fsp3) is 0.385. The van der Waals surface area contributed by atoms with Crippen LogP contribution in [0.4, 0.5) is 0 Å². The van der Waals surface area contributed by atoms with E-state index in [2.05, 4.69) is 22.4 Å². The number of hydrogen-bond acceptors (Lipinski definition) is 4. The maximum atomic E-state index is 6.09. The van der Waals surface area contributed by atoms with E-state index in [0.717, 1.165) is 18.5 Å². The van der Waals surface area contributed by atoms with E-state index >= 15 is 0 Å². The summed E-state index contributed by atoms with van der Waals surface area (Å²) in [5.74, 6) is 1.11. The first-order chi connectivity index (χ1) is 8.72. The van der Waals surface area contributed by atoms with Crippen LogP contribution in [0.1, 0.15) is 32.2 Å². The minimum atomic E-state index is 0.0497. The Bertz CT molecular complexity index is 512. The Morgan fingerprint density at radius 3 is 2.89 bits per heavy atom. The topological polar surface area (TPSA) is 51.0 Å². The summed E-state index contributed by atoms with van der Waals surface area (Å²) < 4.78 is 5.25. The first-order valence-electron chi connectivity index (χ1n) is 6.04. The van der Waals surface area contributed by atoms with Gasteiger partial charge in [-0.1, -0.05) is 35.8 Å². The van der Waals surface area contributed by atoms with E-state index in [1.165, 1.54) is 0 Å². The molecule has 1 aromatic heterocycles. The molecule has 5 heteroatoms. The Morgan fingerprint density at radius 1 is 1.39 bits per heavy atom. The fourth-order valence-electron chi connectivity index (χ4n) is 1.61. The van der Waals surface area contributed by atoms with Gasteiger partial charge in [-0.2, -0.15) is 4.98 Å². The van der Waals surface area contributed by atoms with Crippen molar-refractivity contribution >= 4 is 11.6 Å². The zero-order valence-corrected chi connectivity index (χ0v) is 11.2. The Kier molecular flexibility index (Phi) is 4.33. The number of aromatic nitrogens is 2. The van der Waals surface area contributed by atoms with Crippen molar-refractivity contribution in [1.29, 1.82) is 0 Å². The summed E-state index contributed by atoms with van der Waals surface area (Å²) in [4.78, 5) is 4.37. The van der Waals surface area contributed by atoms with E-state index in [-0.39, 0.29) is 6.04 Å². The van der Waals surface area contributed by atoms with Crippen LogP contribution in [0.15, 0.2) is 28.8 Å². The van der Waals surface area contributed by atoms with Gasteiger partial charge in [-0.3, -0.25) is 0 Å². The SMILES string of the molecule is CCCNC(C)c1nc(-c2ccccc2Cl)no1. The van der Waals surface area contributed by atoms with E-state index in [0.29, 0.717) is 16.7 Å². The molecule has 1 heterocycles. The monoisotopic (exact) mass is 265 g/mol. The van der Waals surface area contributed by atoms with Crippen LogP contribution in [-0.4, -0.2) is 16.7 Å². The lowest BCUT2D eigenvalue weighted by Gasteiger charge is -2.06. The highest BCUT2D eigenvalue weighted by molar-refractivity contribution is 6.33. The van der Waals surface area contributed by atoms with Crippen LogP contribution in [-0.2, 0) is 0 Å². The van der Waals surface area contributed by atoms with Gasteiger partial charge in [-0.05, 0) is 32.0 Å². The molecule has 0 aliphatic carbocycles. The average molecular weight is 266 g/mol. The molecule has 0 bridgehead atoms. The summed E-state index contributed by atoms with van der Waals surface area (Å²) in [5, 5.41) is 7.89. The summed E-state index contributed by atoms with van der Waals surface area (Å²) in [6.07, 6.45) is 1.07. The molecule has 1 aromatic carbocycles. The minimum Gasteiger partial charge on any atom is -0.337 e. The number of nitrogens with one attached hydrogen (secondary N) is 1. The maximum absolute atomic E-state index is 6.09. The molecule has 0 spiro atoms. The van der Waals surface area contributed by atoms with Crippen molar-refractivity contribution in [3.63, 3.8) is 0 Å².